The van der Waals surface area contributed by atoms with Crippen molar-refractivity contribution in [2.24, 2.45) is 5.92 Å². The van der Waals surface area contributed by atoms with Crippen molar-refractivity contribution in [1.29, 1.82) is 0 Å². The molecular formula is C19H33O4P. The van der Waals surface area contributed by atoms with Crippen LogP contribution in [0.2, 0.25) is 0 Å². The van der Waals surface area contributed by atoms with E-state index in [2.05, 4.69) is 39.0 Å². The average molecular weight is 356 g/mol. The van der Waals surface area contributed by atoms with E-state index in [1.54, 1.807) is 13.8 Å². The Hall–Kier alpha value is -1.09. The minimum atomic E-state index is -3.47. The van der Waals surface area contributed by atoms with Gasteiger partial charge in [-0.3, -0.25) is 9.05 Å². The molecule has 0 aliphatic carbocycles. The SMILES string of the molecule is CCOP(=O)(OC=CC(C)C=CC=C(C)CCC=C(C)C)OCC. The fourth-order valence-electron chi connectivity index (χ4n) is 1.78. The Labute approximate surface area is 147 Å². The summed E-state index contributed by atoms with van der Waals surface area (Å²) in [4.78, 5) is 0. The Morgan fingerprint density at radius 3 is 2.25 bits per heavy atom. The number of phosphoric ester groups is 1. The topological polar surface area (TPSA) is 44.8 Å². The molecule has 1 atom stereocenters. The van der Waals surface area contributed by atoms with E-state index >= 15 is 0 Å². The molecule has 0 amide bonds. The Morgan fingerprint density at radius 2 is 1.71 bits per heavy atom. The van der Waals surface area contributed by atoms with E-state index in [1.807, 2.05) is 19.1 Å². The van der Waals surface area contributed by atoms with Crippen molar-refractivity contribution in [2.45, 2.75) is 54.4 Å². The molecule has 0 aliphatic heterocycles. The summed E-state index contributed by atoms with van der Waals surface area (Å²) in [6, 6.07) is 0. The van der Waals surface area contributed by atoms with Crippen LogP contribution in [-0.2, 0) is 18.1 Å². The quantitative estimate of drug-likeness (QED) is 0.171. The van der Waals surface area contributed by atoms with Gasteiger partial charge in [0.25, 0.3) is 0 Å². The summed E-state index contributed by atoms with van der Waals surface area (Å²) in [5, 5.41) is 0. The molecule has 0 heterocycles. The Morgan fingerprint density at radius 1 is 1.08 bits per heavy atom. The van der Waals surface area contributed by atoms with Crippen LogP contribution >= 0.6 is 7.82 Å². The molecule has 0 N–H and O–H groups in total. The molecule has 0 aliphatic rings. The highest BCUT2D eigenvalue weighted by Crippen LogP contribution is 2.49. The number of phosphoric acid groups is 1. The van der Waals surface area contributed by atoms with E-state index in [-0.39, 0.29) is 19.1 Å². The highest BCUT2D eigenvalue weighted by atomic mass is 31.2. The second kappa shape index (κ2) is 13.2. The van der Waals surface area contributed by atoms with Crippen LogP contribution in [0.15, 0.2) is 47.8 Å². The van der Waals surface area contributed by atoms with Gasteiger partial charge < -0.3 is 4.52 Å². The largest absolute Gasteiger partial charge is 0.529 e. The molecule has 5 heteroatoms. The molecule has 138 valence electrons. The number of allylic oxidation sites excluding steroid dienone is 7. The molecule has 0 spiro atoms. The molecule has 0 saturated carbocycles. The number of rotatable bonds is 12. The molecule has 0 rings (SSSR count). The second-order valence-electron chi connectivity index (χ2n) is 5.79. The Kier molecular flexibility index (Phi) is 12.6. The summed E-state index contributed by atoms with van der Waals surface area (Å²) in [5.74, 6) is 0.156. The van der Waals surface area contributed by atoms with Crippen molar-refractivity contribution in [2.75, 3.05) is 13.2 Å². The average Bonchev–Trinajstić information content (AvgIpc) is 2.47. The minimum Gasteiger partial charge on any atom is -0.412 e. The van der Waals surface area contributed by atoms with Crippen molar-refractivity contribution < 1.29 is 18.1 Å². The molecule has 0 aromatic carbocycles. The molecule has 0 bridgehead atoms. The van der Waals surface area contributed by atoms with Crippen LogP contribution in [0.5, 0.6) is 0 Å². The molecule has 24 heavy (non-hydrogen) atoms. The van der Waals surface area contributed by atoms with Crippen molar-refractivity contribution >= 4 is 7.82 Å². The van der Waals surface area contributed by atoms with Crippen LogP contribution in [0.3, 0.4) is 0 Å². The smallest absolute Gasteiger partial charge is 0.412 e. The zero-order chi connectivity index (χ0) is 18.4. The molecule has 4 nitrogen and oxygen atoms in total. The molecule has 1 unspecified atom stereocenters. The highest BCUT2D eigenvalue weighted by Gasteiger charge is 2.24. The Balaban J connectivity index is 4.38. The van der Waals surface area contributed by atoms with Gasteiger partial charge in [0.2, 0.25) is 0 Å². The fourth-order valence-corrected chi connectivity index (χ4v) is 2.83. The zero-order valence-corrected chi connectivity index (χ0v) is 16.8. The first-order chi connectivity index (χ1) is 11.3. The van der Waals surface area contributed by atoms with E-state index in [0.717, 1.165) is 12.8 Å². The summed E-state index contributed by atoms with van der Waals surface area (Å²) >= 11 is 0. The first-order valence-electron chi connectivity index (χ1n) is 8.54. The first-order valence-corrected chi connectivity index (χ1v) is 10.0. The Bertz CT molecular complexity index is 489. The normalized spacial score (nSPS) is 14.3. The van der Waals surface area contributed by atoms with E-state index < -0.39 is 7.82 Å². The maximum Gasteiger partial charge on any atom is 0.529 e. The third-order valence-electron chi connectivity index (χ3n) is 3.03. The van der Waals surface area contributed by atoms with E-state index in [9.17, 15) is 4.57 Å². The van der Waals surface area contributed by atoms with Gasteiger partial charge in [-0.2, -0.15) is 0 Å². The predicted molar refractivity (Wildman–Crippen MR) is 102 cm³/mol. The van der Waals surface area contributed by atoms with E-state index in [1.165, 1.54) is 17.4 Å². The number of hydrogen-bond donors (Lipinski definition) is 0. The van der Waals surface area contributed by atoms with Gasteiger partial charge in [-0.15, -0.1) is 0 Å². The summed E-state index contributed by atoms with van der Waals surface area (Å²) in [5.41, 5.74) is 2.70. The summed E-state index contributed by atoms with van der Waals surface area (Å²) < 4.78 is 27.3. The first kappa shape index (κ1) is 22.9. The van der Waals surface area contributed by atoms with Gasteiger partial charge in [0.05, 0.1) is 19.5 Å². The lowest BCUT2D eigenvalue weighted by molar-refractivity contribution is 0.153. The molecule has 0 saturated heterocycles. The van der Waals surface area contributed by atoms with Gasteiger partial charge in [0.15, 0.2) is 0 Å². The summed E-state index contributed by atoms with van der Waals surface area (Å²) in [6.07, 6.45) is 13.8. The lowest BCUT2D eigenvalue weighted by Crippen LogP contribution is -1.97. The van der Waals surface area contributed by atoms with Crippen molar-refractivity contribution in [3.8, 4) is 0 Å². The second-order valence-corrected chi connectivity index (χ2v) is 7.42. The predicted octanol–water partition coefficient (Wildman–Crippen LogP) is 6.58. The van der Waals surface area contributed by atoms with Crippen LogP contribution in [-0.4, -0.2) is 13.2 Å². The molecule has 0 aromatic heterocycles. The zero-order valence-electron chi connectivity index (χ0n) is 16.0. The summed E-state index contributed by atoms with van der Waals surface area (Å²) in [6.45, 7) is 12.4. The third kappa shape index (κ3) is 12.3. The lowest BCUT2D eigenvalue weighted by Gasteiger charge is -2.14. The van der Waals surface area contributed by atoms with Crippen LogP contribution in [0.25, 0.3) is 0 Å². The maximum atomic E-state index is 12.1. The van der Waals surface area contributed by atoms with Crippen molar-refractivity contribution in [3.05, 3.63) is 47.8 Å². The molecule has 0 radical (unpaired) electrons. The van der Waals surface area contributed by atoms with Gasteiger partial charge in [0.1, 0.15) is 0 Å². The number of hydrogen-bond acceptors (Lipinski definition) is 4. The van der Waals surface area contributed by atoms with Gasteiger partial charge in [0, 0.05) is 0 Å². The van der Waals surface area contributed by atoms with Gasteiger partial charge >= 0.3 is 7.82 Å². The minimum absolute atomic E-state index is 0.156. The standard InChI is InChI=1S/C19H33O4P/c1-7-21-24(20,22-8-2)23-16-15-19(6)14-10-13-18(5)12-9-11-17(3)4/h10-11,13-16,19H,7-9,12H2,1-6H3. The monoisotopic (exact) mass is 356 g/mol. The van der Waals surface area contributed by atoms with E-state index in [0.29, 0.717) is 0 Å². The molecule has 0 fully saturated rings. The summed E-state index contributed by atoms with van der Waals surface area (Å²) in [7, 11) is -3.47. The van der Waals surface area contributed by atoms with Crippen molar-refractivity contribution in [3.63, 3.8) is 0 Å². The fraction of sp³-hybridized carbons (Fsp3) is 0.579. The van der Waals surface area contributed by atoms with E-state index in [4.69, 9.17) is 13.6 Å². The maximum absolute atomic E-state index is 12.1. The van der Waals surface area contributed by atoms with Gasteiger partial charge in [-0.1, -0.05) is 42.4 Å². The van der Waals surface area contributed by atoms with Gasteiger partial charge in [-0.05, 0) is 59.5 Å². The van der Waals surface area contributed by atoms with Crippen LogP contribution in [0, 0.1) is 5.92 Å². The third-order valence-corrected chi connectivity index (χ3v) is 4.56. The van der Waals surface area contributed by atoms with Gasteiger partial charge in [-0.25, -0.2) is 4.57 Å². The van der Waals surface area contributed by atoms with Crippen LogP contribution in [0.1, 0.15) is 54.4 Å². The van der Waals surface area contributed by atoms with Crippen LogP contribution in [0.4, 0.5) is 0 Å². The lowest BCUT2D eigenvalue weighted by atomic mass is 10.1. The molecule has 0 aromatic rings. The molecular weight excluding hydrogens is 323 g/mol. The highest BCUT2D eigenvalue weighted by molar-refractivity contribution is 7.48. The van der Waals surface area contributed by atoms with Crippen LogP contribution < -0.4 is 0 Å². The van der Waals surface area contributed by atoms with Crippen molar-refractivity contribution in [1.82, 2.24) is 0 Å².